The SMILES string of the molecule is COc1c(Br)cc(Br)cc1/C=C/C(=O)Nc1cccc(Cl)c1Cl. The minimum absolute atomic E-state index is 0.304. The van der Waals surface area contributed by atoms with Crippen LogP contribution in [0.25, 0.3) is 6.08 Å². The Labute approximate surface area is 160 Å². The molecular weight excluding hydrogens is 469 g/mol. The largest absolute Gasteiger partial charge is 0.495 e. The Kier molecular flexibility index (Phi) is 6.53. The van der Waals surface area contributed by atoms with Gasteiger partial charge in [0.25, 0.3) is 0 Å². The van der Waals surface area contributed by atoms with Gasteiger partial charge in [-0.05, 0) is 46.3 Å². The average molecular weight is 480 g/mol. The summed E-state index contributed by atoms with van der Waals surface area (Å²) in [7, 11) is 1.57. The molecule has 1 amide bonds. The molecule has 3 nitrogen and oxygen atoms in total. The smallest absolute Gasteiger partial charge is 0.248 e. The Bertz CT molecular complexity index is 779. The van der Waals surface area contributed by atoms with Crippen molar-refractivity contribution in [2.24, 2.45) is 0 Å². The highest BCUT2D eigenvalue weighted by atomic mass is 79.9. The van der Waals surface area contributed by atoms with Crippen molar-refractivity contribution >= 4 is 72.7 Å². The van der Waals surface area contributed by atoms with Gasteiger partial charge in [0.15, 0.2) is 0 Å². The number of hydrogen-bond acceptors (Lipinski definition) is 2. The van der Waals surface area contributed by atoms with Crippen molar-refractivity contribution in [3.63, 3.8) is 0 Å². The quantitative estimate of drug-likeness (QED) is 0.532. The second-order valence-corrected chi connectivity index (χ2v) is 6.99. The van der Waals surface area contributed by atoms with Gasteiger partial charge in [-0.2, -0.15) is 0 Å². The molecule has 0 spiro atoms. The monoisotopic (exact) mass is 477 g/mol. The van der Waals surface area contributed by atoms with Crippen LogP contribution in [0.1, 0.15) is 5.56 Å². The van der Waals surface area contributed by atoms with E-state index in [0.717, 1.165) is 14.5 Å². The number of benzene rings is 2. The molecule has 0 saturated heterocycles. The summed E-state index contributed by atoms with van der Waals surface area (Å²) in [5, 5.41) is 3.37. The van der Waals surface area contributed by atoms with Crippen LogP contribution in [0.5, 0.6) is 5.75 Å². The summed E-state index contributed by atoms with van der Waals surface area (Å²) in [5.41, 5.74) is 1.21. The first-order valence-corrected chi connectivity index (χ1v) is 8.72. The third-order valence-electron chi connectivity index (χ3n) is 2.86. The van der Waals surface area contributed by atoms with Gasteiger partial charge >= 0.3 is 0 Å². The number of anilines is 1. The van der Waals surface area contributed by atoms with Crippen LogP contribution in [-0.4, -0.2) is 13.0 Å². The number of rotatable bonds is 4. The summed E-state index contributed by atoms with van der Waals surface area (Å²) >= 11 is 18.8. The van der Waals surface area contributed by atoms with Gasteiger partial charge in [-0.3, -0.25) is 4.79 Å². The molecule has 23 heavy (non-hydrogen) atoms. The molecule has 0 heterocycles. The van der Waals surface area contributed by atoms with Crippen molar-refractivity contribution in [2.45, 2.75) is 0 Å². The van der Waals surface area contributed by atoms with Crippen LogP contribution in [0, 0.1) is 0 Å². The Hall–Kier alpha value is -1.01. The Morgan fingerprint density at radius 1 is 1.26 bits per heavy atom. The maximum atomic E-state index is 12.1. The molecule has 7 heteroatoms. The molecule has 0 atom stereocenters. The standard InChI is InChI=1S/C16H11Br2Cl2NO2/c1-23-16-9(7-10(17)8-11(16)18)5-6-14(22)21-13-4-2-3-12(19)15(13)20/h2-8H,1H3,(H,21,22)/b6-5+. The van der Waals surface area contributed by atoms with Crippen molar-refractivity contribution in [3.8, 4) is 5.75 Å². The molecule has 0 saturated carbocycles. The Morgan fingerprint density at radius 3 is 2.70 bits per heavy atom. The molecule has 0 bridgehead atoms. The Balaban J connectivity index is 2.20. The first-order chi connectivity index (χ1) is 10.9. The van der Waals surface area contributed by atoms with Gasteiger partial charge in [0.1, 0.15) is 5.75 Å². The van der Waals surface area contributed by atoms with Crippen molar-refractivity contribution in [3.05, 3.63) is 61.0 Å². The van der Waals surface area contributed by atoms with E-state index in [1.807, 2.05) is 12.1 Å². The number of carbonyl (C=O) groups is 1. The maximum Gasteiger partial charge on any atom is 0.248 e. The van der Waals surface area contributed by atoms with Gasteiger partial charge in [0.05, 0.1) is 27.3 Å². The fourth-order valence-corrected chi connectivity index (χ4v) is 3.63. The maximum absolute atomic E-state index is 12.1. The molecule has 0 aliphatic rings. The third kappa shape index (κ3) is 4.73. The van der Waals surface area contributed by atoms with Crippen molar-refractivity contribution < 1.29 is 9.53 Å². The Morgan fingerprint density at radius 2 is 2.00 bits per heavy atom. The topological polar surface area (TPSA) is 38.3 Å². The summed E-state index contributed by atoms with van der Waals surface area (Å²) in [6, 6.07) is 8.75. The van der Waals surface area contributed by atoms with E-state index in [9.17, 15) is 4.79 Å². The lowest BCUT2D eigenvalue weighted by atomic mass is 10.2. The van der Waals surface area contributed by atoms with Crippen molar-refractivity contribution in [2.75, 3.05) is 12.4 Å². The molecule has 0 aliphatic carbocycles. The lowest BCUT2D eigenvalue weighted by Crippen LogP contribution is -2.08. The average Bonchev–Trinajstić information content (AvgIpc) is 2.49. The van der Waals surface area contributed by atoms with Gasteiger partial charge in [-0.25, -0.2) is 0 Å². The fraction of sp³-hybridized carbons (Fsp3) is 0.0625. The van der Waals surface area contributed by atoms with Crippen LogP contribution in [0.4, 0.5) is 5.69 Å². The third-order valence-corrected chi connectivity index (χ3v) is 4.73. The van der Waals surface area contributed by atoms with Crippen molar-refractivity contribution in [1.29, 1.82) is 0 Å². The molecule has 120 valence electrons. The highest BCUT2D eigenvalue weighted by molar-refractivity contribution is 9.11. The minimum Gasteiger partial charge on any atom is -0.495 e. The van der Waals surface area contributed by atoms with Gasteiger partial charge in [0, 0.05) is 16.1 Å². The highest BCUT2D eigenvalue weighted by Crippen LogP contribution is 2.33. The zero-order valence-corrected chi connectivity index (χ0v) is 16.6. The molecule has 0 aliphatic heterocycles. The number of hydrogen-bond donors (Lipinski definition) is 1. The molecule has 0 unspecified atom stereocenters. The second kappa shape index (κ2) is 8.20. The first kappa shape index (κ1) is 18.3. The fourth-order valence-electron chi connectivity index (χ4n) is 1.86. The van der Waals surface area contributed by atoms with Gasteiger partial charge in [-0.15, -0.1) is 0 Å². The zero-order valence-electron chi connectivity index (χ0n) is 11.9. The molecule has 0 radical (unpaired) electrons. The molecule has 2 aromatic carbocycles. The lowest BCUT2D eigenvalue weighted by molar-refractivity contribution is -0.111. The van der Waals surface area contributed by atoms with Crippen LogP contribution in [0.15, 0.2) is 45.4 Å². The number of carbonyl (C=O) groups excluding carboxylic acids is 1. The number of halogens is 4. The highest BCUT2D eigenvalue weighted by Gasteiger charge is 2.09. The van der Waals surface area contributed by atoms with Crippen molar-refractivity contribution in [1.82, 2.24) is 0 Å². The van der Waals surface area contributed by atoms with Crippen LogP contribution < -0.4 is 10.1 Å². The predicted molar refractivity (Wildman–Crippen MR) is 103 cm³/mol. The lowest BCUT2D eigenvalue weighted by Gasteiger charge is -2.08. The van der Waals surface area contributed by atoms with E-state index in [1.165, 1.54) is 6.08 Å². The van der Waals surface area contributed by atoms with Gasteiger partial charge in [-0.1, -0.05) is 45.2 Å². The summed E-state index contributed by atoms with van der Waals surface area (Å²) in [6.45, 7) is 0. The number of methoxy groups -OCH3 is 1. The van der Waals surface area contributed by atoms with E-state index < -0.39 is 0 Å². The van der Waals surface area contributed by atoms with Crippen LogP contribution in [0.2, 0.25) is 10.0 Å². The van der Waals surface area contributed by atoms with Crippen LogP contribution in [0.3, 0.4) is 0 Å². The predicted octanol–water partition coefficient (Wildman–Crippen LogP) is 6.18. The second-order valence-electron chi connectivity index (χ2n) is 4.43. The number of amides is 1. The number of ether oxygens (including phenoxy) is 1. The summed E-state index contributed by atoms with van der Waals surface area (Å²) in [4.78, 5) is 12.1. The van der Waals surface area contributed by atoms with Crippen LogP contribution >= 0.6 is 55.1 Å². The summed E-state index contributed by atoms with van der Waals surface area (Å²) in [5.74, 6) is 0.311. The molecule has 2 rings (SSSR count). The van der Waals surface area contributed by atoms with Crippen LogP contribution in [-0.2, 0) is 4.79 Å². The molecule has 0 aromatic heterocycles. The zero-order chi connectivity index (χ0) is 17.0. The summed E-state index contributed by atoms with van der Waals surface area (Å²) < 4.78 is 6.98. The molecule has 0 fully saturated rings. The van der Waals surface area contributed by atoms with Gasteiger partial charge < -0.3 is 10.1 Å². The minimum atomic E-state index is -0.327. The molecule has 1 N–H and O–H groups in total. The van der Waals surface area contributed by atoms with E-state index in [-0.39, 0.29) is 5.91 Å². The van der Waals surface area contributed by atoms with E-state index >= 15 is 0 Å². The van der Waals surface area contributed by atoms with E-state index in [2.05, 4.69) is 37.2 Å². The van der Waals surface area contributed by atoms with E-state index in [1.54, 1.807) is 31.4 Å². The van der Waals surface area contributed by atoms with E-state index in [4.69, 9.17) is 27.9 Å². The summed E-state index contributed by atoms with van der Waals surface area (Å²) in [6.07, 6.45) is 3.05. The molecular formula is C16H11Br2Cl2NO2. The first-order valence-electron chi connectivity index (χ1n) is 6.38. The van der Waals surface area contributed by atoms with E-state index in [0.29, 0.717) is 21.5 Å². The molecule has 2 aromatic rings. The van der Waals surface area contributed by atoms with Gasteiger partial charge in [0.2, 0.25) is 5.91 Å². The normalized spacial score (nSPS) is 10.8. The number of nitrogens with one attached hydrogen (secondary N) is 1.